The van der Waals surface area contributed by atoms with Crippen molar-refractivity contribution in [3.05, 3.63) is 47.0 Å². The number of carbonyl (C=O) groups is 1. The minimum Gasteiger partial charge on any atom is -0.444 e. The van der Waals surface area contributed by atoms with Gasteiger partial charge in [-0.3, -0.25) is 4.90 Å². The van der Waals surface area contributed by atoms with Crippen molar-refractivity contribution < 1.29 is 9.53 Å². The summed E-state index contributed by atoms with van der Waals surface area (Å²) < 4.78 is 5.54. The second kappa shape index (κ2) is 9.27. The predicted molar refractivity (Wildman–Crippen MR) is 122 cm³/mol. The van der Waals surface area contributed by atoms with Gasteiger partial charge in [0.25, 0.3) is 0 Å². The summed E-state index contributed by atoms with van der Waals surface area (Å²) in [4.78, 5) is 16.7. The maximum atomic E-state index is 12.4. The highest BCUT2D eigenvalue weighted by Gasteiger charge is 2.34. The van der Waals surface area contributed by atoms with Crippen LogP contribution in [-0.2, 0) is 11.3 Å². The number of amides is 1. The first kappa shape index (κ1) is 22.4. The minimum absolute atomic E-state index is 0.110. The number of nitrogens with zero attached hydrogens (tertiary/aromatic N) is 2. The predicted octanol–water partition coefficient (Wildman–Crippen LogP) is 5.23. The Labute approximate surface area is 182 Å². The third-order valence-electron chi connectivity index (χ3n) is 5.75. The SMILES string of the molecule is CC(C)(C)OC(=O)N1CC/C(=C\C#Cc2cccc(CN3CCCC3)c2)C(C)(C)C1. The van der Waals surface area contributed by atoms with Crippen molar-refractivity contribution in [2.75, 3.05) is 26.2 Å². The molecule has 2 heterocycles. The summed E-state index contributed by atoms with van der Waals surface area (Å²) in [6.07, 6.45) is 5.29. The van der Waals surface area contributed by atoms with E-state index in [0.29, 0.717) is 13.1 Å². The molecular weight excluding hydrogens is 372 g/mol. The molecule has 0 N–H and O–H groups in total. The van der Waals surface area contributed by atoms with Crippen molar-refractivity contribution in [3.63, 3.8) is 0 Å². The summed E-state index contributed by atoms with van der Waals surface area (Å²) in [7, 11) is 0. The van der Waals surface area contributed by atoms with E-state index in [9.17, 15) is 4.79 Å². The zero-order valence-corrected chi connectivity index (χ0v) is 19.3. The third-order valence-corrected chi connectivity index (χ3v) is 5.75. The Morgan fingerprint density at radius 1 is 1.20 bits per heavy atom. The lowest BCUT2D eigenvalue weighted by atomic mass is 9.79. The Kier molecular flexibility index (Phi) is 6.93. The first-order valence-corrected chi connectivity index (χ1v) is 11.1. The summed E-state index contributed by atoms with van der Waals surface area (Å²) in [5, 5.41) is 0. The normalized spacial score (nSPS) is 20.7. The molecule has 2 fully saturated rings. The first-order chi connectivity index (χ1) is 14.1. The molecule has 2 saturated heterocycles. The van der Waals surface area contributed by atoms with E-state index in [1.54, 1.807) is 0 Å². The highest BCUT2D eigenvalue weighted by molar-refractivity contribution is 5.68. The molecule has 0 bridgehead atoms. The smallest absolute Gasteiger partial charge is 0.410 e. The van der Waals surface area contributed by atoms with Gasteiger partial charge in [-0.1, -0.05) is 43.4 Å². The van der Waals surface area contributed by atoms with Crippen molar-refractivity contribution in [1.29, 1.82) is 0 Å². The van der Waals surface area contributed by atoms with Crippen LogP contribution in [0.1, 0.15) is 65.0 Å². The van der Waals surface area contributed by atoms with Crippen molar-refractivity contribution >= 4 is 6.09 Å². The number of rotatable bonds is 2. The van der Waals surface area contributed by atoms with E-state index in [2.05, 4.69) is 60.9 Å². The van der Waals surface area contributed by atoms with E-state index in [1.165, 1.54) is 37.1 Å². The van der Waals surface area contributed by atoms with Gasteiger partial charge in [0.15, 0.2) is 0 Å². The lowest BCUT2D eigenvalue weighted by molar-refractivity contribution is 0.0157. The number of carbonyl (C=O) groups excluding carboxylic acids is 1. The Morgan fingerprint density at radius 2 is 1.93 bits per heavy atom. The van der Waals surface area contributed by atoms with Crippen LogP contribution >= 0.6 is 0 Å². The van der Waals surface area contributed by atoms with E-state index in [0.717, 1.165) is 18.5 Å². The molecular formula is C26H36N2O2. The molecule has 2 aliphatic heterocycles. The number of benzene rings is 1. The van der Waals surface area contributed by atoms with Gasteiger partial charge in [0.1, 0.15) is 5.60 Å². The molecule has 3 rings (SSSR count). The van der Waals surface area contributed by atoms with Crippen LogP contribution in [0.2, 0.25) is 0 Å². The van der Waals surface area contributed by atoms with Crippen LogP contribution in [-0.4, -0.2) is 47.7 Å². The molecule has 0 spiro atoms. The minimum atomic E-state index is -0.466. The molecule has 30 heavy (non-hydrogen) atoms. The third kappa shape index (κ3) is 6.37. The molecule has 4 heteroatoms. The van der Waals surface area contributed by atoms with Crippen LogP contribution in [0.3, 0.4) is 0 Å². The van der Waals surface area contributed by atoms with Crippen LogP contribution < -0.4 is 0 Å². The Bertz CT molecular complexity index is 846. The van der Waals surface area contributed by atoms with Gasteiger partial charge in [-0.25, -0.2) is 4.79 Å². The summed E-state index contributed by atoms with van der Waals surface area (Å²) in [6.45, 7) is 14.8. The van der Waals surface area contributed by atoms with Crippen molar-refractivity contribution in [3.8, 4) is 11.8 Å². The van der Waals surface area contributed by atoms with Gasteiger partial charge in [0.05, 0.1) is 0 Å². The maximum absolute atomic E-state index is 12.4. The van der Waals surface area contributed by atoms with Crippen LogP contribution in [0.5, 0.6) is 0 Å². The Balaban J connectivity index is 1.63. The molecule has 162 valence electrons. The molecule has 0 radical (unpaired) electrons. The number of likely N-dealkylation sites (tertiary alicyclic amines) is 2. The Hall–Kier alpha value is -2.25. The van der Waals surface area contributed by atoms with Gasteiger partial charge < -0.3 is 9.64 Å². The maximum Gasteiger partial charge on any atom is 0.410 e. The molecule has 1 aromatic rings. The van der Waals surface area contributed by atoms with E-state index in [1.807, 2.05) is 25.7 Å². The zero-order chi connectivity index (χ0) is 21.8. The standard InChI is InChI=1S/C26H36N2O2/c1-25(2,3)30-24(29)28-17-14-23(26(4,5)20-28)13-9-11-21-10-8-12-22(18-21)19-27-15-6-7-16-27/h8,10,12-13,18H,6-7,14-17,19-20H2,1-5H3/b23-13+. The fraction of sp³-hybridized carbons (Fsp3) is 0.577. The molecule has 4 nitrogen and oxygen atoms in total. The molecule has 0 saturated carbocycles. The summed E-state index contributed by atoms with van der Waals surface area (Å²) in [5.74, 6) is 6.58. The fourth-order valence-corrected chi connectivity index (χ4v) is 4.15. The van der Waals surface area contributed by atoms with Gasteiger partial charge >= 0.3 is 6.09 Å². The van der Waals surface area contributed by atoms with Gasteiger partial charge in [0.2, 0.25) is 0 Å². The summed E-state index contributed by atoms with van der Waals surface area (Å²) in [5.41, 5.74) is 3.12. The van der Waals surface area contributed by atoms with E-state index >= 15 is 0 Å². The zero-order valence-electron chi connectivity index (χ0n) is 19.3. The fourth-order valence-electron chi connectivity index (χ4n) is 4.15. The van der Waals surface area contributed by atoms with Crippen molar-refractivity contribution in [2.45, 2.75) is 66.0 Å². The highest BCUT2D eigenvalue weighted by Crippen LogP contribution is 2.34. The molecule has 1 aromatic carbocycles. The molecule has 0 aliphatic carbocycles. The summed E-state index contributed by atoms with van der Waals surface area (Å²) in [6, 6.07) is 8.58. The average Bonchev–Trinajstić information content (AvgIpc) is 3.14. The molecule has 0 unspecified atom stereocenters. The van der Waals surface area contributed by atoms with Crippen LogP contribution in [0.25, 0.3) is 0 Å². The highest BCUT2D eigenvalue weighted by atomic mass is 16.6. The van der Waals surface area contributed by atoms with Crippen LogP contribution in [0.15, 0.2) is 35.9 Å². The quantitative estimate of drug-likeness (QED) is 0.629. The van der Waals surface area contributed by atoms with Crippen LogP contribution in [0.4, 0.5) is 4.79 Å². The monoisotopic (exact) mass is 408 g/mol. The average molecular weight is 409 g/mol. The van der Waals surface area contributed by atoms with Crippen LogP contribution in [0, 0.1) is 17.3 Å². The van der Waals surface area contributed by atoms with Gasteiger partial charge in [-0.2, -0.15) is 0 Å². The molecule has 0 atom stereocenters. The van der Waals surface area contributed by atoms with Crippen molar-refractivity contribution in [2.24, 2.45) is 5.41 Å². The number of piperidine rings is 1. The molecule has 1 amide bonds. The van der Waals surface area contributed by atoms with E-state index < -0.39 is 5.60 Å². The number of hydrogen-bond acceptors (Lipinski definition) is 3. The van der Waals surface area contributed by atoms with E-state index in [4.69, 9.17) is 4.74 Å². The molecule has 2 aliphatic rings. The second-order valence-electron chi connectivity index (χ2n) is 10.2. The Morgan fingerprint density at radius 3 is 2.60 bits per heavy atom. The first-order valence-electron chi connectivity index (χ1n) is 11.1. The number of ether oxygens (including phenoxy) is 1. The van der Waals surface area contributed by atoms with Gasteiger partial charge in [0, 0.05) is 30.6 Å². The lowest BCUT2D eigenvalue weighted by Gasteiger charge is -2.40. The lowest BCUT2D eigenvalue weighted by Crippen LogP contribution is -2.46. The largest absolute Gasteiger partial charge is 0.444 e. The summed E-state index contributed by atoms with van der Waals surface area (Å²) >= 11 is 0. The molecule has 0 aromatic heterocycles. The van der Waals surface area contributed by atoms with E-state index in [-0.39, 0.29) is 11.5 Å². The number of hydrogen-bond donors (Lipinski definition) is 0. The van der Waals surface area contributed by atoms with Gasteiger partial charge in [-0.05, 0) is 76.9 Å². The van der Waals surface area contributed by atoms with Gasteiger partial charge in [-0.15, -0.1) is 0 Å². The van der Waals surface area contributed by atoms with Crippen molar-refractivity contribution in [1.82, 2.24) is 9.80 Å². The number of allylic oxidation sites excluding steroid dienone is 1. The second-order valence-corrected chi connectivity index (χ2v) is 10.2. The topological polar surface area (TPSA) is 32.8 Å².